The summed E-state index contributed by atoms with van der Waals surface area (Å²) in [6.07, 6.45) is 3.99. The summed E-state index contributed by atoms with van der Waals surface area (Å²) in [6, 6.07) is 1.84. The third-order valence-corrected chi connectivity index (χ3v) is 3.87. The standard InChI is InChI=1S/C12H16BrFN2/c1-8-4-3-5-16(9(8)2)12-11(14)6-10(13)7-15-12/h6-9H,3-5H2,1-2H3. The van der Waals surface area contributed by atoms with E-state index in [1.165, 1.54) is 12.5 Å². The van der Waals surface area contributed by atoms with Crippen LogP contribution in [0, 0.1) is 11.7 Å². The molecule has 0 spiro atoms. The van der Waals surface area contributed by atoms with Crippen LogP contribution in [0.4, 0.5) is 10.2 Å². The molecule has 0 bridgehead atoms. The average molecular weight is 287 g/mol. The number of halogens is 2. The van der Waals surface area contributed by atoms with Crippen LogP contribution in [0.3, 0.4) is 0 Å². The molecule has 0 saturated carbocycles. The van der Waals surface area contributed by atoms with Gasteiger partial charge in [-0.05, 0) is 47.7 Å². The number of rotatable bonds is 1. The van der Waals surface area contributed by atoms with E-state index in [9.17, 15) is 4.39 Å². The van der Waals surface area contributed by atoms with Crippen molar-refractivity contribution in [2.75, 3.05) is 11.4 Å². The number of anilines is 1. The zero-order valence-corrected chi connectivity index (χ0v) is 11.2. The minimum atomic E-state index is -0.240. The minimum Gasteiger partial charge on any atom is -0.351 e. The van der Waals surface area contributed by atoms with E-state index in [1.807, 2.05) is 0 Å². The van der Waals surface area contributed by atoms with Crippen LogP contribution < -0.4 is 4.90 Å². The van der Waals surface area contributed by atoms with E-state index in [0.717, 1.165) is 13.0 Å². The first kappa shape index (κ1) is 11.8. The lowest BCUT2D eigenvalue weighted by Crippen LogP contribution is -2.43. The molecule has 0 aromatic carbocycles. The Kier molecular flexibility index (Phi) is 3.47. The lowest BCUT2D eigenvalue weighted by molar-refractivity contribution is 0.358. The van der Waals surface area contributed by atoms with Gasteiger partial charge in [-0.3, -0.25) is 0 Å². The maximum Gasteiger partial charge on any atom is 0.166 e. The second-order valence-electron chi connectivity index (χ2n) is 4.51. The van der Waals surface area contributed by atoms with Crippen molar-refractivity contribution in [3.05, 3.63) is 22.6 Å². The Hall–Kier alpha value is -0.640. The van der Waals surface area contributed by atoms with Crippen molar-refractivity contribution in [3.8, 4) is 0 Å². The van der Waals surface area contributed by atoms with E-state index in [2.05, 4.69) is 39.7 Å². The molecule has 2 heterocycles. The van der Waals surface area contributed by atoms with Crippen molar-refractivity contribution >= 4 is 21.7 Å². The molecular weight excluding hydrogens is 271 g/mol. The van der Waals surface area contributed by atoms with E-state index < -0.39 is 0 Å². The Morgan fingerprint density at radius 3 is 2.94 bits per heavy atom. The van der Waals surface area contributed by atoms with Gasteiger partial charge < -0.3 is 4.90 Å². The van der Waals surface area contributed by atoms with Crippen LogP contribution >= 0.6 is 15.9 Å². The Morgan fingerprint density at radius 2 is 2.25 bits per heavy atom. The van der Waals surface area contributed by atoms with Crippen LogP contribution in [0.15, 0.2) is 16.7 Å². The van der Waals surface area contributed by atoms with Gasteiger partial charge in [-0.25, -0.2) is 9.37 Å². The van der Waals surface area contributed by atoms with Crippen molar-refractivity contribution in [1.82, 2.24) is 4.98 Å². The summed E-state index contributed by atoms with van der Waals surface area (Å²) < 4.78 is 14.5. The van der Waals surface area contributed by atoms with Crippen molar-refractivity contribution in [2.24, 2.45) is 5.92 Å². The number of hydrogen-bond acceptors (Lipinski definition) is 2. The van der Waals surface area contributed by atoms with Gasteiger partial charge in [0.15, 0.2) is 11.6 Å². The van der Waals surface area contributed by atoms with Crippen molar-refractivity contribution in [3.63, 3.8) is 0 Å². The van der Waals surface area contributed by atoms with Gasteiger partial charge in [0.25, 0.3) is 0 Å². The maximum absolute atomic E-state index is 13.8. The number of pyridine rings is 1. The summed E-state index contributed by atoms with van der Waals surface area (Å²) in [6.45, 7) is 5.26. The SMILES string of the molecule is CC1CCCN(c2ncc(Br)cc2F)C1C. The molecule has 0 N–H and O–H groups in total. The van der Waals surface area contributed by atoms with Crippen molar-refractivity contribution < 1.29 is 4.39 Å². The molecule has 1 saturated heterocycles. The smallest absolute Gasteiger partial charge is 0.166 e. The third kappa shape index (κ3) is 2.21. The molecule has 16 heavy (non-hydrogen) atoms. The number of aromatic nitrogens is 1. The molecule has 0 aliphatic carbocycles. The van der Waals surface area contributed by atoms with Crippen LogP contribution in [-0.2, 0) is 0 Å². The van der Waals surface area contributed by atoms with Gasteiger partial charge >= 0.3 is 0 Å². The first-order valence-corrected chi connectivity index (χ1v) is 6.46. The van der Waals surface area contributed by atoms with Gasteiger partial charge in [-0.2, -0.15) is 0 Å². The fraction of sp³-hybridized carbons (Fsp3) is 0.583. The Labute approximate surface area is 104 Å². The summed E-state index contributed by atoms with van der Waals surface area (Å²) in [5.74, 6) is 0.844. The largest absolute Gasteiger partial charge is 0.351 e. The topological polar surface area (TPSA) is 16.1 Å². The first-order chi connectivity index (χ1) is 7.59. The van der Waals surface area contributed by atoms with Crippen molar-refractivity contribution in [1.29, 1.82) is 0 Å². The van der Waals surface area contributed by atoms with Crippen LogP contribution in [-0.4, -0.2) is 17.6 Å². The van der Waals surface area contributed by atoms with Crippen LogP contribution in [0.5, 0.6) is 0 Å². The van der Waals surface area contributed by atoms with E-state index >= 15 is 0 Å². The highest BCUT2D eigenvalue weighted by atomic mass is 79.9. The molecular formula is C12H16BrFN2. The van der Waals surface area contributed by atoms with Gasteiger partial charge in [0, 0.05) is 23.3 Å². The second kappa shape index (κ2) is 4.70. The Morgan fingerprint density at radius 1 is 1.50 bits per heavy atom. The fourth-order valence-corrected chi connectivity index (χ4v) is 2.56. The number of nitrogens with zero attached hydrogens (tertiary/aromatic N) is 2. The molecule has 2 nitrogen and oxygen atoms in total. The minimum absolute atomic E-state index is 0.240. The summed E-state index contributed by atoms with van der Waals surface area (Å²) in [7, 11) is 0. The lowest BCUT2D eigenvalue weighted by Gasteiger charge is -2.38. The second-order valence-corrected chi connectivity index (χ2v) is 5.43. The number of piperidine rings is 1. The third-order valence-electron chi connectivity index (χ3n) is 3.43. The molecule has 1 aliphatic heterocycles. The highest BCUT2D eigenvalue weighted by molar-refractivity contribution is 9.10. The van der Waals surface area contributed by atoms with Crippen molar-refractivity contribution in [2.45, 2.75) is 32.7 Å². The maximum atomic E-state index is 13.8. The average Bonchev–Trinajstić information content (AvgIpc) is 2.23. The zero-order valence-electron chi connectivity index (χ0n) is 9.58. The predicted molar refractivity (Wildman–Crippen MR) is 67.1 cm³/mol. The van der Waals surface area contributed by atoms with Gasteiger partial charge in [-0.15, -0.1) is 0 Å². The van der Waals surface area contributed by atoms with Gasteiger partial charge in [0.1, 0.15) is 0 Å². The zero-order chi connectivity index (χ0) is 11.7. The molecule has 0 amide bonds. The Bertz CT molecular complexity index is 383. The molecule has 1 aliphatic rings. The van der Waals surface area contributed by atoms with Crippen LogP contribution in [0.1, 0.15) is 26.7 Å². The molecule has 4 heteroatoms. The molecule has 0 radical (unpaired) electrons. The van der Waals surface area contributed by atoms with E-state index in [1.54, 1.807) is 6.20 Å². The van der Waals surface area contributed by atoms with E-state index in [4.69, 9.17) is 0 Å². The normalized spacial score (nSPS) is 25.9. The van der Waals surface area contributed by atoms with Gasteiger partial charge in [-0.1, -0.05) is 6.92 Å². The molecule has 2 unspecified atom stereocenters. The van der Waals surface area contributed by atoms with E-state index in [0.29, 0.717) is 22.3 Å². The molecule has 1 aromatic rings. The predicted octanol–water partition coefficient (Wildman–Crippen LogP) is 3.61. The molecule has 1 aromatic heterocycles. The van der Waals surface area contributed by atoms with Crippen LogP contribution in [0.25, 0.3) is 0 Å². The summed E-state index contributed by atoms with van der Waals surface area (Å²) in [5, 5.41) is 0. The lowest BCUT2D eigenvalue weighted by atomic mass is 9.92. The molecule has 2 rings (SSSR count). The van der Waals surface area contributed by atoms with Crippen LogP contribution in [0.2, 0.25) is 0 Å². The highest BCUT2D eigenvalue weighted by Crippen LogP contribution is 2.29. The summed E-state index contributed by atoms with van der Waals surface area (Å²) in [5.41, 5.74) is 0. The highest BCUT2D eigenvalue weighted by Gasteiger charge is 2.27. The summed E-state index contributed by atoms with van der Waals surface area (Å²) >= 11 is 3.23. The van der Waals surface area contributed by atoms with Gasteiger partial charge in [0.05, 0.1) is 0 Å². The quantitative estimate of drug-likeness (QED) is 0.784. The Balaban J connectivity index is 2.29. The first-order valence-electron chi connectivity index (χ1n) is 5.67. The fourth-order valence-electron chi connectivity index (χ4n) is 2.25. The molecule has 2 atom stereocenters. The molecule has 1 fully saturated rings. The monoisotopic (exact) mass is 286 g/mol. The van der Waals surface area contributed by atoms with Gasteiger partial charge in [0.2, 0.25) is 0 Å². The summed E-state index contributed by atoms with van der Waals surface area (Å²) in [4.78, 5) is 6.27. The molecule has 88 valence electrons. The van der Waals surface area contributed by atoms with E-state index in [-0.39, 0.29) is 5.82 Å². The number of hydrogen-bond donors (Lipinski definition) is 0.